The van der Waals surface area contributed by atoms with Crippen LogP contribution in [0.3, 0.4) is 0 Å². The van der Waals surface area contributed by atoms with Crippen molar-refractivity contribution in [2.45, 2.75) is 19.4 Å². The van der Waals surface area contributed by atoms with Gasteiger partial charge in [-0.05, 0) is 60.5 Å². The van der Waals surface area contributed by atoms with E-state index >= 15 is 0 Å². The van der Waals surface area contributed by atoms with E-state index in [2.05, 4.69) is 12.2 Å². The van der Waals surface area contributed by atoms with Crippen LogP contribution in [0, 0.1) is 0 Å². The third-order valence-electron chi connectivity index (χ3n) is 2.75. The van der Waals surface area contributed by atoms with Gasteiger partial charge in [0.25, 0.3) is 0 Å². The lowest BCUT2D eigenvalue weighted by Crippen LogP contribution is -2.23. The molecule has 0 saturated heterocycles. The van der Waals surface area contributed by atoms with E-state index in [1.165, 1.54) is 0 Å². The molecule has 19 heavy (non-hydrogen) atoms. The Labute approximate surface area is 127 Å². The van der Waals surface area contributed by atoms with Gasteiger partial charge < -0.3 is 9.73 Å². The molecule has 102 valence electrons. The van der Waals surface area contributed by atoms with Crippen molar-refractivity contribution in [3.8, 4) is 0 Å². The Morgan fingerprint density at radius 2 is 1.95 bits per heavy atom. The highest BCUT2D eigenvalue weighted by atomic mass is 35.5. The first-order valence-electron chi connectivity index (χ1n) is 6.05. The molecule has 1 atom stereocenters. The fourth-order valence-electron chi connectivity index (χ4n) is 1.87. The molecule has 5 heteroatoms. The van der Waals surface area contributed by atoms with Gasteiger partial charge >= 0.3 is 0 Å². The summed E-state index contributed by atoms with van der Waals surface area (Å²) in [6, 6.07) is 8.79. The molecule has 0 saturated carbocycles. The highest BCUT2D eigenvalue weighted by molar-refractivity contribution is 6.33. The maximum Gasteiger partial charge on any atom is 0.193 e. The van der Waals surface area contributed by atoms with E-state index in [1.807, 2.05) is 12.1 Å². The molecule has 0 aliphatic rings. The predicted molar refractivity (Wildman–Crippen MR) is 80.3 cm³/mol. The lowest BCUT2D eigenvalue weighted by atomic mass is 10.0. The third-order valence-corrected chi connectivity index (χ3v) is 3.53. The van der Waals surface area contributed by atoms with Crippen LogP contribution in [0.15, 0.2) is 34.7 Å². The molecule has 0 fully saturated rings. The van der Waals surface area contributed by atoms with Crippen molar-refractivity contribution < 1.29 is 4.42 Å². The topological polar surface area (TPSA) is 25.2 Å². The van der Waals surface area contributed by atoms with E-state index in [1.54, 1.807) is 18.2 Å². The monoisotopic (exact) mass is 317 g/mol. The van der Waals surface area contributed by atoms with E-state index in [4.69, 9.17) is 39.2 Å². The van der Waals surface area contributed by atoms with Gasteiger partial charge in [0.1, 0.15) is 5.76 Å². The van der Waals surface area contributed by atoms with Gasteiger partial charge in [-0.25, -0.2) is 0 Å². The number of hydrogen-bond donors (Lipinski definition) is 1. The van der Waals surface area contributed by atoms with Crippen LogP contribution < -0.4 is 5.32 Å². The van der Waals surface area contributed by atoms with Gasteiger partial charge in [-0.15, -0.1) is 0 Å². The normalized spacial score (nSPS) is 12.6. The highest BCUT2D eigenvalue weighted by Crippen LogP contribution is 2.32. The summed E-state index contributed by atoms with van der Waals surface area (Å²) >= 11 is 18.1. The van der Waals surface area contributed by atoms with Crippen molar-refractivity contribution in [3.63, 3.8) is 0 Å². The van der Waals surface area contributed by atoms with Crippen molar-refractivity contribution in [1.29, 1.82) is 0 Å². The second kappa shape index (κ2) is 6.67. The van der Waals surface area contributed by atoms with Crippen molar-refractivity contribution in [3.05, 3.63) is 56.9 Å². The summed E-state index contributed by atoms with van der Waals surface area (Å²) in [5.74, 6) is 0.725. The van der Waals surface area contributed by atoms with Crippen LogP contribution in [0.2, 0.25) is 15.3 Å². The molecule has 1 aromatic carbocycles. The SMILES string of the molecule is CCCNC(c1ccc(Cl)o1)c1cc(Cl)ccc1Cl. The van der Waals surface area contributed by atoms with Gasteiger partial charge in [0.05, 0.1) is 6.04 Å². The Hall–Kier alpha value is -0.670. The molecule has 1 aromatic heterocycles. The molecule has 2 aromatic rings. The molecule has 0 bridgehead atoms. The van der Waals surface area contributed by atoms with Gasteiger partial charge in [0, 0.05) is 10.0 Å². The highest BCUT2D eigenvalue weighted by Gasteiger charge is 2.20. The molecule has 0 spiro atoms. The number of benzene rings is 1. The smallest absolute Gasteiger partial charge is 0.193 e. The average molecular weight is 319 g/mol. The van der Waals surface area contributed by atoms with E-state index in [9.17, 15) is 0 Å². The van der Waals surface area contributed by atoms with Gasteiger partial charge in [0.15, 0.2) is 5.22 Å². The maximum atomic E-state index is 6.25. The Morgan fingerprint density at radius 1 is 1.16 bits per heavy atom. The first-order valence-corrected chi connectivity index (χ1v) is 7.18. The van der Waals surface area contributed by atoms with Gasteiger partial charge in [-0.3, -0.25) is 0 Å². The fraction of sp³-hybridized carbons (Fsp3) is 0.286. The standard InChI is InChI=1S/C14H14Cl3NO/c1-2-7-18-14(12-5-6-13(17)19-12)10-8-9(15)3-4-11(10)16/h3-6,8,14,18H,2,7H2,1H3. The Bertz CT molecular complexity index is 553. The van der Waals surface area contributed by atoms with Crippen molar-refractivity contribution >= 4 is 34.8 Å². The molecule has 2 rings (SSSR count). The van der Waals surface area contributed by atoms with Crippen LogP contribution in [0.25, 0.3) is 0 Å². The third kappa shape index (κ3) is 3.67. The summed E-state index contributed by atoms with van der Waals surface area (Å²) in [4.78, 5) is 0. The zero-order valence-corrected chi connectivity index (χ0v) is 12.7. The number of rotatable bonds is 5. The zero-order chi connectivity index (χ0) is 13.8. The van der Waals surface area contributed by atoms with Crippen LogP contribution in [0.4, 0.5) is 0 Å². The van der Waals surface area contributed by atoms with Gasteiger partial charge in [-0.2, -0.15) is 0 Å². The summed E-state index contributed by atoms with van der Waals surface area (Å²) in [5.41, 5.74) is 0.883. The van der Waals surface area contributed by atoms with E-state index in [0.717, 1.165) is 24.3 Å². The molecule has 0 aliphatic heterocycles. The second-order valence-corrected chi connectivity index (χ2v) is 5.41. The van der Waals surface area contributed by atoms with Crippen LogP contribution in [-0.4, -0.2) is 6.54 Å². The molecule has 1 heterocycles. The minimum absolute atomic E-state index is 0.154. The summed E-state index contributed by atoms with van der Waals surface area (Å²) in [6.45, 7) is 2.94. The average Bonchev–Trinajstić information content (AvgIpc) is 2.80. The quantitative estimate of drug-likeness (QED) is 0.806. The number of nitrogens with one attached hydrogen (secondary N) is 1. The van der Waals surface area contributed by atoms with Crippen molar-refractivity contribution in [1.82, 2.24) is 5.32 Å². The van der Waals surface area contributed by atoms with Crippen LogP contribution in [-0.2, 0) is 0 Å². The Morgan fingerprint density at radius 3 is 2.58 bits per heavy atom. The summed E-state index contributed by atoms with van der Waals surface area (Å²) in [7, 11) is 0. The molecule has 1 N–H and O–H groups in total. The molecule has 0 radical (unpaired) electrons. The fourth-order valence-corrected chi connectivity index (χ4v) is 2.43. The predicted octanol–water partition coefficient (Wildman–Crippen LogP) is 5.33. The lowest BCUT2D eigenvalue weighted by molar-refractivity contribution is 0.448. The Kier molecular flexibility index (Phi) is 5.17. The minimum Gasteiger partial charge on any atom is -0.448 e. The van der Waals surface area contributed by atoms with Crippen LogP contribution in [0.5, 0.6) is 0 Å². The van der Waals surface area contributed by atoms with E-state index in [-0.39, 0.29) is 6.04 Å². The van der Waals surface area contributed by atoms with E-state index in [0.29, 0.717) is 15.3 Å². The number of furan rings is 1. The van der Waals surface area contributed by atoms with Crippen molar-refractivity contribution in [2.75, 3.05) is 6.54 Å². The first kappa shape index (κ1) is 14.7. The first-order chi connectivity index (χ1) is 9.11. The maximum absolute atomic E-state index is 6.25. The minimum atomic E-state index is -0.154. The summed E-state index contributed by atoms with van der Waals surface area (Å²) < 4.78 is 5.49. The summed E-state index contributed by atoms with van der Waals surface area (Å²) in [5, 5.41) is 5.03. The number of halogens is 3. The van der Waals surface area contributed by atoms with Gasteiger partial charge in [0.2, 0.25) is 0 Å². The lowest BCUT2D eigenvalue weighted by Gasteiger charge is -2.18. The van der Waals surface area contributed by atoms with Crippen LogP contribution >= 0.6 is 34.8 Å². The summed E-state index contributed by atoms with van der Waals surface area (Å²) in [6.07, 6.45) is 1.00. The van der Waals surface area contributed by atoms with Gasteiger partial charge in [-0.1, -0.05) is 30.1 Å². The number of hydrogen-bond acceptors (Lipinski definition) is 2. The van der Waals surface area contributed by atoms with Crippen molar-refractivity contribution in [2.24, 2.45) is 0 Å². The molecule has 0 amide bonds. The van der Waals surface area contributed by atoms with Crippen LogP contribution in [0.1, 0.15) is 30.7 Å². The molecule has 2 nitrogen and oxygen atoms in total. The zero-order valence-electron chi connectivity index (χ0n) is 10.4. The van der Waals surface area contributed by atoms with E-state index < -0.39 is 0 Å². The molecular formula is C14H14Cl3NO. The molecule has 1 unspecified atom stereocenters. The molecular weight excluding hydrogens is 305 g/mol. The Balaban J connectivity index is 2.39. The largest absolute Gasteiger partial charge is 0.448 e. The molecule has 0 aliphatic carbocycles. The second-order valence-electron chi connectivity index (χ2n) is 4.19.